The minimum Gasteiger partial charge on any atom is -0.324 e. The zero-order valence-electron chi connectivity index (χ0n) is 12.4. The molecule has 0 aliphatic heterocycles. The predicted molar refractivity (Wildman–Crippen MR) is 95.4 cm³/mol. The molecule has 1 aromatic heterocycles. The highest BCUT2D eigenvalue weighted by molar-refractivity contribution is 7.12. The second kappa shape index (κ2) is 7.12. The van der Waals surface area contributed by atoms with Crippen LogP contribution < -0.4 is 16.4 Å². The summed E-state index contributed by atoms with van der Waals surface area (Å²) in [5.74, 6) is -0.326. The topological polar surface area (TPSA) is 84.2 Å². The van der Waals surface area contributed by atoms with Gasteiger partial charge < -0.3 is 16.4 Å². The Kier molecular flexibility index (Phi) is 5.41. The maximum atomic E-state index is 12.1. The number of carbonyl (C=O) groups excluding carboxylic acids is 2. The monoisotopic (exact) mass is 351 g/mol. The van der Waals surface area contributed by atoms with Gasteiger partial charge in [0, 0.05) is 11.4 Å². The van der Waals surface area contributed by atoms with Crippen molar-refractivity contribution in [3.05, 3.63) is 46.7 Å². The van der Waals surface area contributed by atoms with E-state index in [4.69, 9.17) is 5.73 Å². The summed E-state index contributed by atoms with van der Waals surface area (Å²) in [6.07, 6.45) is 2.42. The molecular formula is C16H18ClN3O2S. The van der Waals surface area contributed by atoms with Crippen LogP contribution in [0.4, 0.5) is 11.4 Å². The lowest BCUT2D eigenvalue weighted by Gasteiger charge is -2.36. The highest BCUT2D eigenvalue weighted by Gasteiger charge is 2.40. The lowest BCUT2D eigenvalue weighted by molar-refractivity contribution is -0.123. The Labute approximate surface area is 144 Å². The third kappa shape index (κ3) is 3.90. The fraction of sp³-hybridized carbons (Fsp3) is 0.250. The van der Waals surface area contributed by atoms with E-state index in [1.54, 1.807) is 30.3 Å². The molecule has 1 saturated carbocycles. The molecule has 0 radical (unpaired) electrons. The van der Waals surface area contributed by atoms with Crippen LogP contribution in [-0.2, 0) is 4.79 Å². The number of hydrogen-bond acceptors (Lipinski definition) is 4. The first kappa shape index (κ1) is 17.5. The van der Waals surface area contributed by atoms with Crippen LogP contribution in [0.5, 0.6) is 0 Å². The molecule has 2 amide bonds. The fourth-order valence-electron chi connectivity index (χ4n) is 2.32. The van der Waals surface area contributed by atoms with E-state index < -0.39 is 5.54 Å². The molecule has 0 saturated heterocycles. The van der Waals surface area contributed by atoms with Crippen molar-refractivity contribution >= 4 is 46.9 Å². The molecule has 0 spiro atoms. The third-order valence-corrected chi connectivity index (χ3v) is 4.69. The van der Waals surface area contributed by atoms with Gasteiger partial charge in [-0.25, -0.2) is 0 Å². The molecule has 3 rings (SSSR count). The van der Waals surface area contributed by atoms with Crippen LogP contribution in [0.15, 0.2) is 41.8 Å². The van der Waals surface area contributed by atoms with Crippen LogP contribution in [-0.4, -0.2) is 17.4 Å². The van der Waals surface area contributed by atoms with Crippen molar-refractivity contribution in [2.45, 2.75) is 24.8 Å². The predicted octanol–water partition coefficient (Wildman–Crippen LogP) is 3.24. The van der Waals surface area contributed by atoms with E-state index in [9.17, 15) is 9.59 Å². The Hall–Kier alpha value is -1.89. The van der Waals surface area contributed by atoms with Crippen LogP contribution >= 0.6 is 23.7 Å². The van der Waals surface area contributed by atoms with Crippen LogP contribution in [0, 0.1) is 0 Å². The highest BCUT2D eigenvalue weighted by Crippen LogP contribution is 2.30. The molecule has 4 N–H and O–H groups in total. The zero-order chi connectivity index (χ0) is 15.6. The van der Waals surface area contributed by atoms with Crippen LogP contribution in [0.2, 0.25) is 0 Å². The molecule has 1 heterocycles. The van der Waals surface area contributed by atoms with Gasteiger partial charge in [0.1, 0.15) is 0 Å². The normalized spacial score (nSPS) is 15.0. The van der Waals surface area contributed by atoms with Gasteiger partial charge in [-0.2, -0.15) is 0 Å². The molecule has 23 heavy (non-hydrogen) atoms. The average Bonchev–Trinajstić information content (AvgIpc) is 2.99. The maximum absolute atomic E-state index is 12.1. The number of rotatable bonds is 4. The summed E-state index contributed by atoms with van der Waals surface area (Å²) < 4.78 is 0. The van der Waals surface area contributed by atoms with Gasteiger partial charge in [0.2, 0.25) is 5.91 Å². The van der Waals surface area contributed by atoms with E-state index >= 15 is 0 Å². The molecule has 7 heteroatoms. The first-order valence-corrected chi connectivity index (χ1v) is 8.00. The lowest BCUT2D eigenvalue weighted by Crippen LogP contribution is -2.56. The molecule has 1 fully saturated rings. The summed E-state index contributed by atoms with van der Waals surface area (Å²) in [6, 6.07) is 10.7. The number of hydrogen-bond donors (Lipinski definition) is 3. The Morgan fingerprint density at radius 3 is 2.35 bits per heavy atom. The minimum absolute atomic E-state index is 0. The molecule has 5 nitrogen and oxygen atoms in total. The van der Waals surface area contributed by atoms with Gasteiger partial charge in [-0.3, -0.25) is 9.59 Å². The van der Waals surface area contributed by atoms with E-state index in [0.717, 1.165) is 6.42 Å². The quantitative estimate of drug-likeness (QED) is 0.790. The van der Waals surface area contributed by atoms with Crippen molar-refractivity contribution in [2.75, 3.05) is 10.6 Å². The average molecular weight is 352 g/mol. The van der Waals surface area contributed by atoms with Crippen molar-refractivity contribution in [1.29, 1.82) is 0 Å². The zero-order valence-corrected chi connectivity index (χ0v) is 14.0. The van der Waals surface area contributed by atoms with E-state index in [-0.39, 0.29) is 24.2 Å². The summed E-state index contributed by atoms with van der Waals surface area (Å²) in [6.45, 7) is 0. The second-order valence-electron chi connectivity index (χ2n) is 5.48. The smallest absolute Gasteiger partial charge is 0.265 e. The second-order valence-corrected chi connectivity index (χ2v) is 6.42. The van der Waals surface area contributed by atoms with Gasteiger partial charge in [0.25, 0.3) is 5.91 Å². The molecular weight excluding hydrogens is 334 g/mol. The summed E-state index contributed by atoms with van der Waals surface area (Å²) in [7, 11) is 0. The summed E-state index contributed by atoms with van der Waals surface area (Å²) in [4.78, 5) is 24.8. The molecule has 1 aliphatic carbocycles. The Morgan fingerprint density at radius 1 is 1.09 bits per heavy atom. The van der Waals surface area contributed by atoms with Crippen LogP contribution in [0.3, 0.4) is 0 Å². The molecule has 1 aliphatic rings. The van der Waals surface area contributed by atoms with E-state index in [2.05, 4.69) is 10.6 Å². The standard InChI is InChI=1S/C16H17N3O2S.ClH/c17-16(7-3-8-16)15(21)19-12-5-1-4-11(10-12)18-14(20)13-6-2-9-22-13;/h1-2,4-6,9-10H,3,7-8,17H2,(H,18,20)(H,19,21);1H. The summed E-state index contributed by atoms with van der Waals surface area (Å²) >= 11 is 1.38. The van der Waals surface area contributed by atoms with E-state index in [1.807, 2.05) is 11.4 Å². The van der Waals surface area contributed by atoms with Crippen molar-refractivity contribution in [3.63, 3.8) is 0 Å². The van der Waals surface area contributed by atoms with Gasteiger partial charge in [-0.1, -0.05) is 12.1 Å². The number of anilines is 2. The largest absolute Gasteiger partial charge is 0.324 e. The van der Waals surface area contributed by atoms with E-state index in [0.29, 0.717) is 29.1 Å². The van der Waals surface area contributed by atoms with Crippen molar-refractivity contribution in [3.8, 4) is 0 Å². The number of carbonyl (C=O) groups is 2. The van der Waals surface area contributed by atoms with Crippen molar-refractivity contribution in [1.82, 2.24) is 0 Å². The maximum Gasteiger partial charge on any atom is 0.265 e. The SMILES string of the molecule is Cl.NC1(C(=O)Nc2cccc(NC(=O)c3cccs3)c2)CCC1. The summed E-state index contributed by atoms with van der Waals surface area (Å²) in [5.41, 5.74) is 6.52. The number of benzene rings is 1. The third-order valence-electron chi connectivity index (χ3n) is 3.82. The van der Waals surface area contributed by atoms with Gasteiger partial charge in [0.05, 0.1) is 10.4 Å². The number of amides is 2. The van der Waals surface area contributed by atoms with Gasteiger partial charge in [-0.15, -0.1) is 23.7 Å². The molecule has 122 valence electrons. The highest BCUT2D eigenvalue weighted by atomic mass is 35.5. The Morgan fingerprint density at radius 2 is 1.78 bits per heavy atom. The van der Waals surface area contributed by atoms with Crippen LogP contribution in [0.1, 0.15) is 28.9 Å². The summed E-state index contributed by atoms with van der Waals surface area (Å²) in [5, 5.41) is 7.49. The van der Waals surface area contributed by atoms with Gasteiger partial charge in [-0.05, 0) is 48.9 Å². The molecule has 2 aromatic rings. The van der Waals surface area contributed by atoms with Crippen molar-refractivity contribution < 1.29 is 9.59 Å². The van der Waals surface area contributed by atoms with Gasteiger partial charge in [0.15, 0.2) is 0 Å². The number of thiophene rings is 1. The first-order valence-electron chi connectivity index (χ1n) is 7.12. The lowest BCUT2D eigenvalue weighted by atomic mass is 9.77. The molecule has 0 bridgehead atoms. The Bertz CT molecular complexity index is 699. The number of nitrogens with one attached hydrogen (secondary N) is 2. The molecule has 0 unspecified atom stereocenters. The van der Waals surface area contributed by atoms with Gasteiger partial charge >= 0.3 is 0 Å². The first-order chi connectivity index (χ1) is 10.6. The van der Waals surface area contributed by atoms with Crippen LogP contribution in [0.25, 0.3) is 0 Å². The molecule has 0 atom stereocenters. The minimum atomic E-state index is -0.740. The van der Waals surface area contributed by atoms with E-state index in [1.165, 1.54) is 11.3 Å². The number of halogens is 1. The Balaban J connectivity index is 0.00000192. The molecule has 1 aromatic carbocycles. The van der Waals surface area contributed by atoms with Crippen molar-refractivity contribution in [2.24, 2.45) is 5.73 Å². The fourth-order valence-corrected chi connectivity index (χ4v) is 2.93. The number of nitrogens with two attached hydrogens (primary N) is 1.